The summed E-state index contributed by atoms with van der Waals surface area (Å²) in [5.74, 6) is 0.639. The summed E-state index contributed by atoms with van der Waals surface area (Å²) in [7, 11) is 1.39. The van der Waals surface area contributed by atoms with Crippen molar-refractivity contribution in [2.24, 2.45) is 0 Å². The maximum absolute atomic E-state index is 12.6. The van der Waals surface area contributed by atoms with Crippen molar-refractivity contribution >= 4 is 12.7 Å². The van der Waals surface area contributed by atoms with E-state index >= 15 is 0 Å². The Bertz CT molecular complexity index is 250. The smallest absolute Gasteiger partial charge is 0.120 e. The lowest BCUT2D eigenvalue weighted by Crippen LogP contribution is -2.14. The Morgan fingerprint density at radius 3 is 2.73 bits per heavy atom. The van der Waals surface area contributed by atoms with Gasteiger partial charge in [0.2, 0.25) is 0 Å². The van der Waals surface area contributed by atoms with Gasteiger partial charge in [0.05, 0.1) is 12.9 Å². The van der Waals surface area contributed by atoms with Crippen molar-refractivity contribution in [2.75, 3.05) is 7.11 Å². The molecular formula is C8H11BFO-. The van der Waals surface area contributed by atoms with Crippen LogP contribution in [0.4, 0.5) is 4.39 Å². The molecule has 1 aromatic carbocycles. The SMILES string of the molecule is C[BH2-]c1cc(F)ccc1OC. The molecule has 1 nitrogen and oxygen atoms in total. The number of hydrogen-bond donors (Lipinski definition) is 0. The van der Waals surface area contributed by atoms with Gasteiger partial charge in [0.1, 0.15) is 5.82 Å². The molecule has 3 heteroatoms. The van der Waals surface area contributed by atoms with Gasteiger partial charge in [0, 0.05) is 0 Å². The first-order chi connectivity index (χ1) is 5.27. The molecular weight excluding hydrogens is 142 g/mol. The van der Waals surface area contributed by atoms with Crippen LogP contribution in [0.25, 0.3) is 0 Å². The molecule has 0 bridgehead atoms. The van der Waals surface area contributed by atoms with Gasteiger partial charge < -0.3 is 4.74 Å². The Kier molecular flexibility index (Phi) is 2.52. The van der Waals surface area contributed by atoms with Crippen molar-refractivity contribution in [3.05, 3.63) is 24.0 Å². The maximum atomic E-state index is 12.6. The molecule has 0 aliphatic heterocycles. The monoisotopic (exact) mass is 153 g/mol. The zero-order valence-electron chi connectivity index (χ0n) is 7.02. The third-order valence-electron chi connectivity index (χ3n) is 1.90. The average molecular weight is 153 g/mol. The van der Waals surface area contributed by atoms with Gasteiger partial charge in [0.15, 0.2) is 0 Å². The van der Waals surface area contributed by atoms with Crippen LogP contribution in [0.1, 0.15) is 0 Å². The highest BCUT2D eigenvalue weighted by Gasteiger charge is 1.95. The van der Waals surface area contributed by atoms with Gasteiger partial charge >= 0.3 is 0 Å². The third-order valence-corrected chi connectivity index (χ3v) is 1.90. The molecule has 1 aromatic rings. The van der Waals surface area contributed by atoms with Crippen LogP contribution in [0.5, 0.6) is 5.75 Å². The summed E-state index contributed by atoms with van der Waals surface area (Å²) in [5.41, 5.74) is 1.03. The van der Waals surface area contributed by atoms with Crippen molar-refractivity contribution in [2.45, 2.75) is 6.82 Å². The average Bonchev–Trinajstić information content (AvgIpc) is 2.04. The van der Waals surface area contributed by atoms with E-state index in [4.69, 9.17) is 4.74 Å². The van der Waals surface area contributed by atoms with Gasteiger partial charge in [-0.3, -0.25) is 0 Å². The Morgan fingerprint density at radius 1 is 1.45 bits per heavy atom. The van der Waals surface area contributed by atoms with Crippen LogP contribution in [0, 0.1) is 5.82 Å². The van der Waals surface area contributed by atoms with Crippen molar-refractivity contribution in [1.82, 2.24) is 0 Å². The second-order valence-corrected chi connectivity index (χ2v) is 2.61. The summed E-state index contributed by atoms with van der Waals surface area (Å²) >= 11 is 0. The van der Waals surface area contributed by atoms with E-state index in [0.29, 0.717) is 0 Å². The zero-order valence-corrected chi connectivity index (χ0v) is 7.02. The molecule has 0 unspecified atom stereocenters. The molecule has 1 rings (SSSR count). The van der Waals surface area contributed by atoms with Crippen molar-refractivity contribution in [1.29, 1.82) is 0 Å². The second-order valence-electron chi connectivity index (χ2n) is 2.61. The van der Waals surface area contributed by atoms with E-state index in [9.17, 15) is 4.39 Å². The fraction of sp³-hybridized carbons (Fsp3) is 0.250. The summed E-state index contributed by atoms with van der Waals surface area (Å²) in [6.45, 7) is 2.09. The lowest BCUT2D eigenvalue weighted by atomic mass is 9.73. The molecule has 0 saturated heterocycles. The summed E-state index contributed by atoms with van der Waals surface area (Å²) in [6, 6.07) is 4.65. The summed E-state index contributed by atoms with van der Waals surface area (Å²) in [4.78, 5) is 0. The van der Waals surface area contributed by atoms with E-state index in [1.165, 1.54) is 6.07 Å². The van der Waals surface area contributed by atoms with Gasteiger partial charge in [-0.25, -0.2) is 4.39 Å². The number of rotatable bonds is 2. The highest BCUT2D eigenvalue weighted by Crippen LogP contribution is 2.06. The lowest BCUT2D eigenvalue weighted by molar-refractivity contribution is 0.417. The quantitative estimate of drug-likeness (QED) is 0.567. The normalized spacial score (nSPS) is 9.73. The maximum Gasteiger partial charge on any atom is 0.120 e. The molecule has 0 N–H and O–H groups in total. The number of benzene rings is 1. The van der Waals surface area contributed by atoms with Crippen LogP contribution in [0.15, 0.2) is 18.2 Å². The highest BCUT2D eigenvalue weighted by atomic mass is 19.1. The molecule has 0 amide bonds. The number of methoxy groups -OCH3 is 1. The van der Waals surface area contributed by atoms with Crippen LogP contribution >= 0.6 is 0 Å². The molecule has 0 aromatic heterocycles. The summed E-state index contributed by atoms with van der Waals surface area (Å²) in [5, 5.41) is 0. The molecule has 0 spiro atoms. The van der Waals surface area contributed by atoms with Crippen LogP contribution in [0.2, 0.25) is 6.82 Å². The van der Waals surface area contributed by atoms with E-state index < -0.39 is 0 Å². The predicted molar refractivity (Wildman–Crippen MR) is 47.0 cm³/mol. The Hall–Kier alpha value is -0.985. The molecule has 0 atom stereocenters. The minimum atomic E-state index is -0.222. The van der Waals surface area contributed by atoms with Crippen LogP contribution in [0.3, 0.4) is 0 Å². The van der Waals surface area contributed by atoms with E-state index in [0.717, 1.165) is 11.2 Å². The molecule has 0 fully saturated rings. The molecule has 0 heterocycles. The molecule has 0 aliphatic rings. The largest absolute Gasteiger partial charge is 0.500 e. The Morgan fingerprint density at radius 2 is 2.18 bits per heavy atom. The Balaban J connectivity index is 3.06. The standard InChI is InChI=1S/C8H11BFO/c1-9-7-5-6(10)3-4-8(7)11-2/h3-5H,9H2,1-2H3/q-1. The fourth-order valence-electron chi connectivity index (χ4n) is 1.23. The zero-order chi connectivity index (χ0) is 8.27. The summed E-state index contributed by atoms with van der Waals surface area (Å²) in [6.07, 6.45) is 0. The van der Waals surface area contributed by atoms with E-state index in [-0.39, 0.29) is 13.1 Å². The highest BCUT2D eigenvalue weighted by molar-refractivity contribution is 6.53. The van der Waals surface area contributed by atoms with E-state index in [2.05, 4.69) is 6.82 Å². The lowest BCUT2D eigenvalue weighted by Gasteiger charge is -2.09. The molecule has 0 aliphatic carbocycles. The number of ether oxygens (including phenoxy) is 1. The molecule has 11 heavy (non-hydrogen) atoms. The Labute approximate surface area is 66.4 Å². The van der Waals surface area contributed by atoms with Crippen LogP contribution in [-0.2, 0) is 0 Å². The first-order valence-electron chi connectivity index (χ1n) is 4.04. The first-order valence-corrected chi connectivity index (χ1v) is 4.04. The minimum absolute atomic E-state index is 0.175. The van der Waals surface area contributed by atoms with Crippen LogP contribution in [-0.4, -0.2) is 14.4 Å². The predicted octanol–water partition coefficient (Wildman–Crippen LogP) is 0.676. The van der Waals surface area contributed by atoms with Gasteiger partial charge in [-0.15, -0.1) is 0 Å². The van der Waals surface area contributed by atoms with Gasteiger partial charge in [-0.2, -0.15) is 12.3 Å². The third kappa shape index (κ3) is 1.73. The molecule has 60 valence electrons. The number of halogens is 1. The van der Waals surface area contributed by atoms with E-state index in [1.807, 2.05) is 0 Å². The summed E-state index contributed by atoms with van der Waals surface area (Å²) < 4.78 is 17.7. The van der Waals surface area contributed by atoms with Crippen molar-refractivity contribution in [3.63, 3.8) is 0 Å². The van der Waals surface area contributed by atoms with Crippen LogP contribution < -0.4 is 10.2 Å². The van der Waals surface area contributed by atoms with E-state index in [1.54, 1.807) is 19.2 Å². The van der Waals surface area contributed by atoms with Gasteiger partial charge in [-0.05, 0) is 19.4 Å². The van der Waals surface area contributed by atoms with Crippen molar-refractivity contribution in [3.8, 4) is 5.75 Å². The first kappa shape index (κ1) is 8.11. The molecule has 0 saturated carbocycles. The van der Waals surface area contributed by atoms with Gasteiger partial charge in [0.25, 0.3) is 0 Å². The van der Waals surface area contributed by atoms with Crippen molar-refractivity contribution < 1.29 is 9.13 Å². The minimum Gasteiger partial charge on any atom is -0.500 e. The fourth-order valence-corrected chi connectivity index (χ4v) is 1.23. The number of hydrogen-bond acceptors (Lipinski definition) is 1. The second kappa shape index (κ2) is 3.42. The molecule has 0 radical (unpaired) electrons. The van der Waals surface area contributed by atoms with Gasteiger partial charge in [-0.1, -0.05) is 6.07 Å². The topological polar surface area (TPSA) is 9.23 Å².